The van der Waals surface area contributed by atoms with Gasteiger partial charge in [0.1, 0.15) is 5.75 Å². The minimum Gasteiger partial charge on any atom is -0.495 e. The summed E-state index contributed by atoms with van der Waals surface area (Å²) in [4.78, 5) is 0. The Balaban J connectivity index is 2.22. The van der Waals surface area contributed by atoms with Gasteiger partial charge < -0.3 is 16.2 Å². The van der Waals surface area contributed by atoms with E-state index in [0.29, 0.717) is 11.6 Å². The molecule has 1 fully saturated rings. The molecule has 3 nitrogen and oxygen atoms in total. The molecule has 0 amide bonds. The van der Waals surface area contributed by atoms with Crippen LogP contribution in [0.1, 0.15) is 24.4 Å². The van der Waals surface area contributed by atoms with Gasteiger partial charge in [-0.2, -0.15) is 0 Å². The lowest BCUT2D eigenvalue weighted by atomic mass is 10.0. The maximum Gasteiger partial charge on any atom is 0.141 e. The minimum atomic E-state index is 0.142. The van der Waals surface area contributed by atoms with Gasteiger partial charge in [-0.1, -0.05) is 6.07 Å². The van der Waals surface area contributed by atoms with Gasteiger partial charge in [0.05, 0.1) is 12.8 Å². The topological polar surface area (TPSA) is 61.3 Å². The molecule has 1 atom stereocenters. The van der Waals surface area contributed by atoms with E-state index in [2.05, 4.69) is 0 Å². The summed E-state index contributed by atoms with van der Waals surface area (Å²) in [7, 11) is 1.62. The average molecular weight is 192 g/mol. The molecule has 1 saturated carbocycles. The lowest BCUT2D eigenvalue weighted by Gasteiger charge is -2.12. The summed E-state index contributed by atoms with van der Waals surface area (Å²) in [5, 5.41) is 0. The van der Waals surface area contributed by atoms with Crippen LogP contribution in [0.5, 0.6) is 5.75 Å². The molecule has 1 aliphatic carbocycles. The van der Waals surface area contributed by atoms with Crippen LogP contribution >= 0.6 is 0 Å². The van der Waals surface area contributed by atoms with Crippen LogP contribution in [-0.2, 0) is 0 Å². The van der Waals surface area contributed by atoms with Crippen LogP contribution in [0.2, 0.25) is 0 Å². The highest BCUT2D eigenvalue weighted by molar-refractivity contribution is 5.54. The Morgan fingerprint density at radius 1 is 1.43 bits per heavy atom. The van der Waals surface area contributed by atoms with Gasteiger partial charge in [-0.15, -0.1) is 0 Å². The van der Waals surface area contributed by atoms with Gasteiger partial charge in [0.25, 0.3) is 0 Å². The maximum atomic E-state index is 6.06. The van der Waals surface area contributed by atoms with E-state index >= 15 is 0 Å². The van der Waals surface area contributed by atoms with Crippen molar-refractivity contribution in [1.82, 2.24) is 0 Å². The van der Waals surface area contributed by atoms with Gasteiger partial charge in [0, 0.05) is 6.04 Å². The SMILES string of the molecule is COc1ccc(C(N)C2CC2)cc1N. The molecule has 0 heterocycles. The first-order chi connectivity index (χ1) is 6.72. The minimum absolute atomic E-state index is 0.142. The predicted molar refractivity (Wildman–Crippen MR) is 57.1 cm³/mol. The second-order valence-corrected chi connectivity index (χ2v) is 3.86. The molecule has 76 valence electrons. The number of hydrogen-bond acceptors (Lipinski definition) is 3. The van der Waals surface area contributed by atoms with Crippen LogP contribution < -0.4 is 16.2 Å². The number of methoxy groups -OCH3 is 1. The van der Waals surface area contributed by atoms with Gasteiger partial charge in [0.2, 0.25) is 0 Å². The van der Waals surface area contributed by atoms with Crippen molar-refractivity contribution in [3.05, 3.63) is 23.8 Å². The van der Waals surface area contributed by atoms with Crippen molar-refractivity contribution in [3.63, 3.8) is 0 Å². The first-order valence-electron chi connectivity index (χ1n) is 4.91. The number of ether oxygens (including phenoxy) is 1. The van der Waals surface area contributed by atoms with Crippen LogP contribution in [0.3, 0.4) is 0 Å². The Labute approximate surface area is 84.0 Å². The van der Waals surface area contributed by atoms with E-state index in [1.54, 1.807) is 7.11 Å². The number of nitrogen functional groups attached to an aromatic ring is 1. The Hall–Kier alpha value is -1.22. The van der Waals surface area contributed by atoms with Gasteiger partial charge in [-0.25, -0.2) is 0 Å². The zero-order chi connectivity index (χ0) is 10.1. The summed E-state index contributed by atoms with van der Waals surface area (Å²) >= 11 is 0. The number of anilines is 1. The second-order valence-electron chi connectivity index (χ2n) is 3.86. The van der Waals surface area contributed by atoms with Crippen molar-refractivity contribution in [2.75, 3.05) is 12.8 Å². The lowest BCUT2D eigenvalue weighted by molar-refractivity contribution is 0.416. The zero-order valence-electron chi connectivity index (χ0n) is 8.36. The van der Waals surface area contributed by atoms with Gasteiger partial charge >= 0.3 is 0 Å². The van der Waals surface area contributed by atoms with E-state index in [0.717, 1.165) is 11.3 Å². The lowest BCUT2D eigenvalue weighted by Crippen LogP contribution is -2.12. The van der Waals surface area contributed by atoms with E-state index in [4.69, 9.17) is 16.2 Å². The quantitative estimate of drug-likeness (QED) is 0.716. The maximum absolute atomic E-state index is 6.06. The molecular formula is C11H16N2O. The fourth-order valence-corrected chi connectivity index (χ4v) is 1.69. The van der Waals surface area contributed by atoms with E-state index in [1.165, 1.54) is 12.8 Å². The molecule has 2 rings (SSSR count). The number of hydrogen-bond donors (Lipinski definition) is 2. The van der Waals surface area contributed by atoms with Crippen molar-refractivity contribution >= 4 is 5.69 Å². The Kier molecular flexibility index (Phi) is 2.33. The van der Waals surface area contributed by atoms with Crippen molar-refractivity contribution in [3.8, 4) is 5.75 Å². The highest BCUT2D eigenvalue weighted by Gasteiger charge is 2.29. The summed E-state index contributed by atoms with van der Waals surface area (Å²) in [6.45, 7) is 0. The molecule has 4 N–H and O–H groups in total. The molecule has 14 heavy (non-hydrogen) atoms. The third-order valence-corrected chi connectivity index (χ3v) is 2.77. The Bertz CT molecular complexity index is 334. The Morgan fingerprint density at radius 3 is 2.64 bits per heavy atom. The fourth-order valence-electron chi connectivity index (χ4n) is 1.69. The Morgan fingerprint density at radius 2 is 2.14 bits per heavy atom. The molecule has 1 aromatic carbocycles. The van der Waals surface area contributed by atoms with Crippen LogP contribution in [0.15, 0.2) is 18.2 Å². The third-order valence-electron chi connectivity index (χ3n) is 2.77. The molecule has 0 aliphatic heterocycles. The average Bonchev–Trinajstić information content (AvgIpc) is 3.00. The number of rotatable bonds is 3. The molecule has 1 aliphatic rings. The first-order valence-corrected chi connectivity index (χ1v) is 4.91. The van der Waals surface area contributed by atoms with Gasteiger partial charge in [-0.05, 0) is 36.5 Å². The molecule has 0 aromatic heterocycles. The predicted octanol–water partition coefficient (Wildman–Crippen LogP) is 1.69. The van der Waals surface area contributed by atoms with Gasteiger partial charge in [0.15, 0.2) is 0 Å². The number of benzene rings is 1. The van der Waals surface area contributed by atoms with Crippen LogP contribution in [0.4, 0.5) is 5.69 Å². The van der Waals surface area contributed by atoms with Crippen molar-refractivity contribution < 1.29 is 4.74 Å². The van der Waals surface area contributed by atoms with E-state index in [1.807, 2.05) is 18.2 Å². The van der Waals surface area contributed by atoms with Gasteiger partial charge in [-0.3, -0.25) is 0 Å². The van der Waals surface area contributed by atoms with Crippen molar-refractivity contribution in [1.29, 1.82) is 0 Å². The summed E-state index contributed by atoms with van der Waals surface area (Å²) < 4.78 is 5.09. The molecule has 0 bridgehead atoms. The van der Waals surface area contributed by atoms with E-state index < -0.39 is 0 Å². The molecule has 0 radical (unpaired) electrons. The molecule has 1 aromatic rings. The van der Waals surface area contributed by atoms with Crippen LogP contribution in [-0.4, -0.2) is 7.11 Å². The number of nitrogens with two attached hydrogens (primary N) is 2. The highest BCUT2D eigenvalue weighted by Crippen LogP contribution is 2.40. The van der Waals surface area contributed by atoms with Crippen LogP contribution in [0, 0.1) is 5.92 Å². The third kappa shape index (κ3) is 1.68. The molecule has 0 spiro atoms. The second kappa shape index (κ2) is 3.50. The normalized spacial score (nSPS) is 17.9. The standard InChI is InChI=1S/C11H16N2O/c1-14-10-5-4-8(6-9(10)12)11(13)7-2-3-7/h4-7,11H,2-3,12-13H2,1H3. The smallest absolute Gasteiger partial charge is 0.141 e. The largest absolute Gasteiger partial charge is 0.495 e. The fraction of sp³-hybridized carbons (Fsp3) is 0.455. The summed E-state index contributed by atoms with van der Waals surface area (Å²) in [6.07, 6.45) is 2.49. The van der Waals surface area contributed by atoms with E-state index in [9.17, 15) is 0 Å². The van der Waals surface area contributed by atoms with Crippen molar-refractivity contribution in [2.45, 2.75) is 18.9 Å². The van der Waals surface area contributed by atoms with Crippen LogP contribution in [0.25, 0.3) is 0 Å². The summed E-state index contributed by atoms with van der Waals surface area (Å²) in [6, 6.07) is 5.94. The first kappa shape index (κ1) is 9.34. The molecular weight excluding hydrogens is 176 g/mol. The molecule has 1 unspecified atom stereocenters. The monoisotopic (exact) mass is 192 g/mol. The summed E-state index contributed by atoms with van der Waals surface area (Å²) in [5.74, 6) is 1.37. The van der Waals surface area contributed by atoms with Crippen molar-refractivity contribution in [2.24, 2.45) is 11.7 Å². The zero-order valence-corrected chi connectivity index (χ0v) is 8.36. The van der Waals surface area contributed by atoms with E-state index in [-0.39, 0.29) is 6.04 Å². The highest BCUT2D eigenvalue weighted by atomic mass is 16.5. The molecule has 3 heteroatoms. The molecule has 0 saturated heterocycles. The summed E-state index contributed by atoms with van der Waals surface area (Å²) in [5.41, 5.74) is 13.7.